The number of nitrogens with one attached hydrogen (secondary N) is 2. The molecule has 0 bridgehead atoms. The number of non-ortho nitro benzene ring substituents is 1. The van der Waals surface area contributed by atoms with Crippen LogP contribution in [0.3, 0.4) is 0 Å². The zero-order valence-corrected chi connectivity index (χ0v) is 15.1. The van der Waals surface area contributed by atoms with Gasteiger partial charge in [0, 0.05) is 23.2 Å². The van der Waals surface area contributed by atoms with Crippen molar-refractivity contribution < 1.29 is 14.5 Å². The Bertz CT molecular complexity index is 886. The summed E-state index contributed by atoms with van der Waals surface area (Å²) in [5.74, 6) is -0.134. The first-order chi connectivity index (χ1) is 12.4. The zero-order valence-electron chi connectivity index (χ0n) is 13.6. The van der Waals surface area contributed by atoms with Gasteiger partial charge in [-0.15, -0.1) is 0 Å². The van der Waals surface area contributed by atoms with E-state index in [1.165, 1.54) is 31.4 Å². The van der Waals surface area contributed by atoms with Crippen LogP contribution < -0.4 is 15.4 Å². The fourth-order valence-electron chi connectivity index (χ4n) is 1.99. The first-order valence-corrected chi connectivity index (χ1v) is 8.06. The minimum Gasteiger partial charge on any atom is -0.495 e. The third kappa shape index (κ3) is 5.27. The van der Waals surface area contributed by atoms with Crippen LogP contribution in [-0.4, -0.2) is 23.1 Å². The van der Waals surface area contributed by atoms with Crippen LogP contribution in [0.4, 0.5) is 11.4 Å². The summed E-state index contributed by atoms with van der Waals surface area (Å²) in [4.78, 5) is 22.3. The van der Waals surface area contributed by atoms with E-state index in [0.717, 1.165) is 0 Å². The summed E-state index contributed by atoms with van der Waals surface area (Å²) >= 11 is 11.1. The van der Waals surface area contributed by atoms with Crippen molar-refractivity contribution in [1.82, 2.24) is 5.32 Å². The molecule has 134 valence electrons. The number of methoxy groups -OCH3 is 1. The summed E-state index contributed by atoms with van der Waals surface area (Å²) in [7, 11) is 1.42. The van der Waals surface area contributed by atoms with Crippen LogP contribution in [-0.2, 0) is 4.79 Å². The van der Waals surface area contributed by atoms with Gasteiger partial charge in [-0.1, -0.05) is 29.8 Å². The minimum absolute atomic E-state index is 0.0300. The smallest absolute Gasteiger partial charge is 0.271 e. The number of carbonyl (C=O) groups excluding carboxylic acids is 1. The highest BCUT2D eigenvalue weighted by atomic mass is 35.5. The molecule has 0 saturated carbocycles. The second kappa shape index (κ2) is 8.93. The maximum Gasteiger partial charge on any atom is 0.271 e. The highest BCUT2D eigenvalue weighted by Gasteiger charge is 2.13. The van der Waals surface area contributed by atoms with Crippen LogP contribution in [0.2, 0.25) is 5.02 Å². The fourth-order valence-corrected chi connectivity index (χ4v) is 2.40. The van der Waals surface area contributed by atoms with Gasteiger partial charge in [0.15, 0.2) is 5.11 Å². The van der Waals surface area contributed by atoms with Crippen LogP contribution in [0.15, 0.2) is 48.5 Å². The molecule has 0 spiro atoms. The van der Waals surface area contributed by atoms with Gasteiger partial charge in [0.05, 0.1) is 17.7 Å². The maximum absolute atomic E-state index is 11.9. The molecular formula is C17H14ClN3O4S. The van der Waals surface area contributed by atoms with Crippen LogP contribution >= 0.6 is 23.8 Å². The molecule has 0 atom stereocenters. The Labute approximate surface area is 159 Å². The summed E-state index contributed by atoms with van der Waals surface area (Å²) in [5, 5.41) is 16.5. The molecule has 2 N–H and O–H groups in total. The predicted molar refractivity (Wildman–Crippen MR) is 104 cm³/mol. The van der Waals surface area contributed by atoms with Crippen molar-refractivity contribution in [3.63, 3.8) is 0 Å². The molecule has 2 rings (SSSR count). The Morgan fingerprint density at radius 2 is 2.04 bits per heavy atom. The van der Waals surface area contributed by atoms with E-state index in [4.69, 9.17) is 28.6 Å². The van der Waals surface area contributed by atoms with Crippen LogP contribution in [0.5, 0.6) is 5.75 Å². The predicted octanol–water partition coefficient (Wildman–Crippen LogP) is 3.78. The molecule has 1 amide bonds. The Balaban J connectivity index is 2.04. The molecule has 0 aliphatic heterocycles. The van der Waals surface area contributed by atoms with Gasteiger partial charge in [-0.05, 0) is 36.0 Å². The van der Waals surface area contributed by atoms with Crippen molar-refractivity contribution in [3.8, 4) is 5.75 Å². The number of hydrogen-bond acceptors (Lipinski definition) is 5. The number of anilines is 1. The highest BCUT2D eigenvalue weighted by Crippen LogP contribution is 2.28. The summed E-state index contributed by atoms with van der Waals surface area (Å²) in [6, 6.07) is 11.0. The van der Waals surface area contributed by atoms with Crippen molar-refractivity contribution in [2.75, 3.05) is 12.4 Å². The lowest BCUT2D eigenvalue weighted by Crippen LogP contribution is -2.32. The second-order valence-corrected chi connectivity index (χ2v) is 5.76. The van der Waals surface area contributed by atoms with E-state index < -0.39 is 10.8 Å². The van der Waals surface area contributed by atoms with Gasteiger partial charge < -0.3 is 10.1 Å². The number of rotatable bonds is 5. The highest BCUT2D eigenvalue weighted by molar-refractivity contribution is 7.80. The first kappa shape index (κ1) is 19.4. The standard InChI is InChI=1S/C17H14ClN3O4S/c1-25-15-8-7-12(21(23)24)10-14(15)19-17(26)20-16(22)9-6-11-4-2-3-5-13(11)18/h2-10H,1H3,(H2,19,20,22,26). The monoisotopic (exact) mass is 391 g/mol. The Kier molecular flexibility index (Phi) is 6.65. The summed E-state index contributed by atoms with van der Waals surface area (Å²) in [6.07, 6.45) is 2.83. The minimum atomic E-state index is -0.543. The van der Waals surface area contributed by atoms with E-state index >= 15 is 0 Å². The summed E-state index contributed by atoms with van der Waals surface area (Å²) < 4.78 is 5.12. The van der Waals surface area contributed by atoms with Gasteiger partial charge in [0.1, 0.15) is 5.75 Å². The van der Waals surface area contributed by atoms with E-state index in [9.17, 15) is 14.9 Å². The molecule has 0 aromatic heterocycles. The number of benzene rings is 2. The Morgan fingerprint density at radius 1 is 1.31 bits per heavy atom. The first-order valence-electron chi connectivity index (χ1n) is 7.27. The molecule has 2 aromatic rings. The number of ether oxygens (including phenoxy) is 1. The van der Waals surface area contributed by atoms with Gasteiger partial charge in [-0.3, -0.25) is 20.2 Å². The van der Waals surface area contributed by atoms with Gasteiger partial charge in [0.2, 0.25) is 5.91 Å². The van der Waals surface area contributed by atoms with E-state index in [0.29, 0.717) is 16.3 Å². The van der Waals surface area contributed by atoms with E-state index in [2.05, 4.69) is 10.6 Å². The lowest BCUT2D eigenvalue weighted by atomic mass is 10.2. The number of amides is 1. The molecule has 0 heterocycles. The fraction of sp³-hybridized carbons (Fsp3) is 0.0588. The van der Waals surface area contributed by atoms with E-state index in [-0.39, 0.29) is 16.5 Å². The van der Waals surface area contributed by atoms with Gasteiger partial charge in [0.25, 0.3) is 5.69 Å². The molecule has 0 aliphatic carbocycles. The maximum atomic E-state index is 11.9. The third-order valence-electron chi connectivity index (χ3n) is 3.20. The molecular weight excluding hydrogens is 378 g/mol. The zero-order chi connectivity index (χ0) is 19.1. The Hall–Kier alpha value is -2.97. The van der Waals surface area contributed by atoms with Crippen molar-refractivity contribution in [2.24, 2.45) is 0 Å². The SMILES string of the molecule is COc1ccc([N+](=O)[O-])cc1NC(=S)NC(=O)C=Cc1ccccc1Cl. The average Bonchev–Trinajstić information content (AvgIpc) is 2.60. The molecule has 26 heavy (non-hydrogen) atoms. The van der Waals surface area contributed by atoms with Crippen molar-refractivity contribution in [3.05, 3.63) is 69.2 Å². The molecule has 0 aliphatic rings. The molecule has 9 heteroatoms. The lowest BCUT2D eigenvalue weighted by molar-refractivity contribution is -0.384. The van der Waals surface area contributed by atoms with Crippen molar-refractivity contribution in [2.45, 2.75) is 0 Å². The van der Waals surface area contributed by atoms with E-state index in [1.807, 2.05) is 0 Å². The number of halogens is 1. The molecule has 0 fully saturated rings. The molecule has 0 saturated heterocycles. The molecule has 7 nitrogen and oxygen atoms in total. The number of nitrogens with zero attached hydrogens (tertiary/aromatic N) is 1. The molecule has 2 aromatic carbocycles. The normalized spacial score (nSPS) is 10.4. The lowest BCUT2D eigenvalue weighted by Gasteiger charge is -2.11. The number of thiocarbonyl (C=S) groups is 1. The summed E-state index contributed by atoms with van der Waals surface area (Å²) in [6.45, 7) is 0. The Morgan fingerprint density at radius 3 is 2.69 bits per heavy atom. The largest absolute Gasteiger partial charge is 0.495 e. The van der Waals surface area contributed by atoms with Gasteiger partial charge >= 0.3 is 0 Å². The number of nitro groups is 1. The second-order valence-electron chi connectivity index (χ2n) is 4.94. The topological polar surface area (TPSA) is 93.5 Å². The summed E-state index contributed by atoms with van der Waals surface area (Å²) in [5.41, 5.74) is 0.812. The van der Waals surface area contributed by atoms with Crippen molar-refractivity contribution >= 4 is 52.3 Å². The number of hydrogen-bond donors (Lipinski definition) is 2. The van der Waals surface area contributed by atoms with Crippen LogP contribution in [0, 0.1) is 10.1 Å². The molecule has 0 radical (unpaired) electrons. The van der Waals surface area contributed by atoms with Crippen LogP contribution in [0.25, 0.3) is 6.08 Å². The van der Waals surface area contributed by atoms with Gasteiger partial charge in [-0.2, -0.15) is 0 Å². The van der Waals surface area contributed by atoms with Crippen molar-refractivity contribution in [1.29, 1.82) is 0 Å². The number of nitro benzene ring substituents is 1. The third-order valence-corrected chi connectivity index (χ3v) is 3.75. The van der Waals surface area contributed by atoms with Crippen LogP contribution in [0.1, 0.15) is 5.56 Å². The molecule has 0 unspecified atom stereocenters. The van der Waals surface area contributed by atoms with E-state index in [1.54, 1.807) is 30.3 Å². The average molecular weight is 392 g/mol. The quantitative estimate of drug-likeness (QED) is 0.348. The number of carbonyl (C=O) groups is 1. The van der Waals surface area contributed by atoms with Gasteiger partial charge in [-0.25, -0.2) is 0 Å².